The maximum atomic E-state index is 10.4. The van der Waals surface area contributed by atoms with Crippen molar-refractivity contribution >= 4 is 17.3 Å². The van der Waals surface area contributed by atoms with E-state index in [0.717, 1.165) is 17.2 Å². The van der Waals surface area contributed by atoms with Gasteiger partial charge in [-0.25, -0.2) is 4.98 Å². The summed E-state index contributed by atoms with van der Waals surface area (Å²) in [6.45, 7) is 2.45. The Hall–Kier alpha value is -1.88. The molecule has 0 fully saturated rings. The predicted octanol–water partition coefficient (Wildman–Crippen LogP) is 1.58. The van der Waals surface area contributed by atoms with Crippen molar-refractivity contribution in [1.82, 2.24) is 4.98 Å². The van der Waals surface area contributed by atoms with Crippen LogP contribution in [0.4, 0.5) is 0 Å². The SMILES string of the molecule is CCc1ccc(OCc2nc(CC(=O)[O-])cs2)cc1. The first-order valence-corrected chi connectivity index (χ1v) is 6.90. The highest BCUT2D eigenvalue weighted by Crippen LogP contribution is 2.16. The van der Waals surface area contributed by atoms with Crippen molar-refractivity contribution in [2.24, 2.45) is 0 Å². The summed E-state index contributed by atoms with van der Waals surface area (Å²) >= 11 is 1.39. The van der Waals surface area contributed by atoms with E-state index in [0.29, 0.717) is 12.3 Å². The monoisotopic (exact) mass is 276 g/mol. The lowest BCUT2D eigenvalue weighted by atomic mass is 10.2. The summed E-state index contributed by atoms with van der Waals surface area (Å²) < 4.78 is 5.59. The van der Waals surface area contributed by atoms with Crippen LogP contribution in [0.5, 0.6) is 5.75 Å². The third kappa shape index (κ3) is 4.06. The van der Waals surface area contributed by atoms with Crippen molar-refractivity contribution in [3.05, 3.63) is 45.9 Å². The number of nitrogens with zero attached hydrogens (tertiary/aromatic N) is 1. The van der Waals surface area contributed by atoms with Gasteiger partial charge in [-0.1, -0.05) is 19.1 Å². The minimum Gasteiger partial charge on any atom is -0.550 e. The average molecular weight is 276 g/mol. The molecule has 1 aromatic carbocycles. The van der Waals surface area contributed by atoms with Gasteiger partial charge in [0.05, 0.1) is 5.69 Å². The molecule has 0 amide bonds. The van der Waals surface area contributed by atoms with E-state index in [4.69, 9.17) is 4.74 Å². The second-order valence-electron chi connectivity index (χ2n) is 4.07. The van der Waals surface area contributed by atoms with Crippen LogP contribution >= 0.6 is 11.3 Å². The second kappa shape index (κ2) is 6.33. The van der Waals surface area contributed by atoms with Gasteiger partial charge in [0.1, 0.15) is 17.4 Å². The molecular weight excluding hydrogens is 262 g/mol. The largest absolute Gasteiger partial charge is 0.550 e. The van der Waals surface area contributed by atoms with Gasteiger partial charge in [-0.2, -0.15) is 0 Å². The van der Waals surface area contributed by atoms with Crippen LogP contribution in [0.2, 0.25) is 0 Å². The molecule has 100 valence electrons. The van der Waals surface area contributed by atoms with E-state index in [-0.39, 0.29) is 6.42 Å². The molecule has 2 aromatic rings. The second-order valence-corrected chi connectivity index (χ2v) is 5.01. The maximum Gasteiger partial charge on any atom is 0.140 e. The number of carbonyl (C=O) groups is 1. The fourth-order valence-electron chi connectivity index (χ4n) is 1.61. The third-order valence-corrected chi connectivity index (χ3v) is 3.49. The smallest absolute Gasteiger partial charge is 0.140 e. The van der Waals surface area contributed by atoms with E-state index in [1.165, 1.54) is 16.9 Å². The van der Waals surface area contributed by atoms with Gasteiger partial charge < -0.3 is 14.6 Å². The summed E-state index contributed by atoms with van der Waals surface area (Å²) in [5, 5.41) is 12.9. The van der Waals surface area contributed by atoms with Gasteiger partial charge in [-0.05, 0) is 24.1 Å². The van der Waals surface area contributed by atoms with Crippen molar-refractivity contribution < 1.29 is 14.6 Å². The number of rotatable bonds is 6. The number of hydrogen-bond acceptors (Lipinski definition) is 5. The first-order chi connectivity index (χ1) is 9.17. The molecule has 0 bridgehead atoms. The molecule has 0 spiro atoms. The van der Waals surface area contributed by atoms with Crippen LogP contribution in [0, 0.1) is 0 Å². The Kier molecular flexibility index (Phi) is 4.52. The molecule has 0 saturated carbocycles. The fourth-order valence-corrected chi connectivity index (χ4v) is 2.32. The molecule has 0 saturated heterocycles. The van der Waals surface area contributed by atoms with Crippen molar-refractivity contribution in [2.45, 2.75) is 26.4 Å². The van der Waals surface area contributed by atoms with Crippen LogP contribution in [0.3, 0.4) is 0 Å². The molecule has 0 aliphatic heterocycles. The number of aliphatic carboxylic acids is 1. The van der Waals surface area contributed by atoms with Crippen LogP contribution in [-0.2, 0) is 24.2 Å². The van der Waals surface area contributed by atoms with Gasteiger partial charge in [-0.15, -0.1) is 11.3 Å². The van der Waals surface area contributed by atoms with Crippen LogP contribution in [0.25, 0.3) is 0 Å². The number of aromatic nitrogens is 1. The van der Waals surface area contributed by atoms with Crippen molar-refractivity contribution in [2.75, 3.05) is 0 Å². The number of carboxylic acid groups (broad SMARTS) is 1. The van der Waals surface area contributed by atoms with E-state index in [1.54, 1.807) is 5.38 Å². The molecule has 2 rings (SSSR count). The minimum atomic E-state index is -1.12. The molecule has 0 atom stereocenters. The van der Waals surface area contributed by atoms with Gasteiger partial charge in [0.2, 0.25) is 0 Å². The van der Waals surface area contributed by atoms with Crippen LogP contribution in [0.1, 0.15) is 23.2 Å². The van der Waals surface area contributed by atoms with Crippen molar-refractivity contribution in [3.63, 3.8) is 0 Å². The van der Waals surface area contributed by atoms with Crippen LogP contribution in [-0.4, -0.2) is 11.0 Å². The van der Waals surface area contributed by atoms with Gasteiger partial charge in [-0.3, -0.25) is 0 Å². The molecule has 19 heavy (non-hydrogen) atoms. The molecule has 0 radical (unpaired) electrons. The highest BCUT2D eigenvalue weighted by atomic mass is 32.1. The fraction of sp³-hybridized carbons (Fsp3) is 0.286. The predicted molar refractivity (Wildman–Crippen MR) is 71.0 cm³/mol. The Morgan fingerprint density at radius 3 is 2.74 bits per heavy atom. The van der Waals surface area contributed by atoms with E-state index < -0.39 is 5.97 Å². The van der Waals surface area contributed by atoms with E-state index >= 15 is 0 Å². The summed E-state index contributed by atoms with van der Waals surface area (Å²) in [5.74, 6) is -0.332. The summed E-state index contributed by atoms with van der Waals surface area (Å²) in [4.78, 5) is 14.6. The highest BCUT2D eigenvalue weighted by Gasteiger charge is 2.03. The summed E-state index contributed by atoms with van der Waals surface area (Å²) in [6.07, 6.45) is 0.848. The number of hydrogen-bond donors (Lipinski definition) is 0. The molecule has 0 unspecified atom stereocenters. The third-order valence-electron chi connectivity index (χ3n) is 2.62. The van der Waals surface area contributed by atoms with Gasteiger partial charge in [0, 0.05) is 17.8 Å². The number of ether oxygens (including phenoxy) is 1. The molecule has 0 aliphatic carbocycles. The Labute approximate surface area is 115 Å². The Bertz CT molecular complexity index is 548. The Balaban J connectivity index is 1.90. The van der Waals surface area contributed by atoms with Crippen LogP contribution in [0.15, 0.2) is 29.6 Å². The highest BCUT2D eigenvalue weighted by molar-refractivity contribution is 7.09. The van der Waals surface area contributed by atoms with Crippen molar-refractivity contribution in [1.29, 1.82) is 0 Å². The first-order valence-electron chi connectivity index (χ1n) is 6.02. The lowest BCUT2D eigenvalue weighted by Crippen LogP contribution is -2.24. The quantitative estimate of drug-likeness (QED) is 0.803. The van der Waals surface area contributed by atoms with E-state index in [1.807, 2.05) is 24.3 Å². The zero-order valence-corrected chi connectivity index (χ0v) is 11.4. The normalized spacial score (nSPS) is 10.4. The summed E-state index contributed by atoms with van der Waals surface area (Å²) in [6, 6.07) is 7.90. The van der Waals surface area contributed by atoms with E-state index in [9.17, 15) is 9.90 Å². The van der Waals surface area contributed by atoms with Gasteiger partial charge in [0.15, 0.2) is 0 Å². The van der Waals surface area contributed by atoms with Crippen molar-refractivity contribution in [3.8, 4) is 5.75 Å². The molecule has 0 N–H and O–H groups in total. The van der Waals surface area contributed by atoms with Gasteiger partial charge in [0.25, 0.3) is 0 Å². The molecule has 0 aliphatic rings. The number of thiazole rings is 1. The van der Waals surface area contributed by atoms with Gasteiger partial charge >= 0.3 is 0 Å². The molecule has 4 nitrogen and oxygen atoms in total. The minimum absolute atomic E-state index is 0.151. The molecule has 1 aromatic heterocycles. The Morgan fingerprint density at radius 2 is 2.11 bits per heavy atom. The molecule has 1 heterocycles. The summed E-state index contributed by atoms with van der Waals surface area (Å²) in [5.41, 5.74) is 1.78. The first kappa shape index (κ1) is 13.5. The summed E-state index contributed by atoms with van der Waals surface area (Å²) in [7, 11) is 0. The number of carboxylic acids is 1. The number of aryl methyl sites for hydroxylation is 1. The number of carbonyl (C=O) groups excluding carboxylic acids is 1. The number of benzene rings is 1. The van der Waals surface area contributed by atoms with E-state index in [2.05, 4.69) is 11.9 Å². The van der Waals surface area contributed by atoms with Crippen LogP contribution < -0.4 is 9.84 Å². The maximum absolute atomic E-state index is 10.4. The topological polar surface area (TPSA) is 62.2 Å². The lowest BCUT2D eigenvalue weighted by Gasteiger charge is -2.04. The zero-order chi connectivity index (χ0) is 13.7. The molecule has 5 heteroatoms. The lowest BCUT2D eigenvalue weighted by molar-refractivity contribution is -0.304. The average Bonchev–Trinajstić information content (AvgIpc) is 2.84. The Morgan fingerprint density at radius 1 is 1.37 bits per heavy atom. The zero-order valence-electron chi connectivity index (χ0n) is 10.6. The standard InChI is InChI=1S/C14H15NO3S/c1-2-10-3-5-12(6-4-10)18-8-13-15-11(9-19-13)7-14(16)17/h3-6,9H,2,7-8H2,1H3,(H,16,17)/p-1. The molecular formula is C14H14NO3S-.